The molecule has 2 amide bonds. The molecule has 0 bridgehead atoms. The molecule has 1 saturated heterocycles. The van der Waals surface area contributed by atoms with E-state index in [0.29, 0.717) is 24.4 Å². The highest BCUT2D eigenvalue weighted by Gasteiger charge is 2.46. The maximum Gasteiger partial charge on any atom is 0.237 e. The standard InChI is InChI=1S/C16H20N2O2/c17-13-6-4-12(5-7-13)16(10-11-2-1-3-11)9-8-14(19)18-15(16)20/h4-7,11H,1-3,8-10,17H2,(H,18,19,20). The van der Waals surface area contributed by atoms with Crippen LogP contribution in [0.5, 0.6) is 0 Å². The minimum atomic E-state index is -0.549. The first kappa shape index (κ1) is 13.2. The van der Waals surface area contributed by atoms with Gasteiger partial charge in [-0.2, -0.15) is 0 Å². The maximum atomic E-state index is 12.5. The maximum absolute atomic E-state index is 12.5. The zero-order valence-electron chi connectivity index (χ0n) is 11.5. The zero-order valence-corrected chi connectivity index (χ0v) is 11.5. The lowest BCUT2D eigenvalue weighted by molar-refractivity contribution is -0.138. The Morgan fingerprint density at radius 3 is 2.45 bits per heavy atom. The summed E-state index contributed by atoms with van der Waals surface area (Å²) in [6.07, 6.45) is 5.51. The van der Waals surface area contributed by atoms with Crippen LogP contribution >= 0.6 is 0 Å². The second kappa shape index (κ2) is 4.93. The van der Waals surface area contributed by atoms with Crippen LogP contribution in [-0.4, -0.2) is 11.8 Å². The van der Waals surface area contributed by atoms with Gasteiger partial charge in [0.1, 0.15) is 0 Å². The van der Waals surface area contributed by atoms with Crippen molar-refractivity contribution >= 4 is 17.5 Å². The summed E-state index contributed by atoms with van der Waals surface area (Å²) in [5.41, 5.74) is 6.87. The molecule has 1 saturated carbocycles. The highest BCUT2D eigenvalue weighted by molar-refractivity contribution is 6.03. The lowest BCUT2D eigenvalue weighted by Crippen LogP contribution is -2.52. The molecule has 1 heterocycles. The van der Waals surface area contributed by atoms with Gasteiger partial charge in [0.25, 0.3) is 0 Å². The number of imide groups is 1. The Balaban J connectivity index is 1.95. The van der Waals surface area contributed by atoms with Gasteiger partial charge < -0.3 is 5.73 Å². The molecule has 1 unspecified atom stereocenters. The second-order valence-corrected chi connectivity index (χ2v) is 6.08. The minimum Gasteiger partial charge on any atom is -0.399 e. The van der Waals surface area contributed by atoms with E-state index in [1.165, 1.54) is 19.3 Å². The molecule has 1 aliphatic heterocycles. The van der Waals surface area contributed by atoms with Crippen molar-refractivity contribution in [3.63, 3.8) is 0 Å². The Hall–Kier alpha value is -1.84. The SMILES string of the molecule is Nc1ccc(C2(CC3CCC3)CCC(=O)NC2=O)cc1. The molecule has 1 aromatic rings. The van der Waals surface area contributed by atoms with Gasteiger partial charge in [0, 0.05) is 12.1 Å². The Labute approximate surface area is 118 Å². The van der Waals surface area contributed by atoms with Crippen LogP contribution < -0.4 is 11.1 Å². The summed E-state index contributed by atoms with van der Waals surface area (Å²) >= 11 is 0. The molecule has 1 aromatic carbocycles. The van der Waals surface area contributed by atoms with Crippen LogP contribution in [0, 0.1) is 5.92 Å². The van der Waals surface area contributed by atoms with Crippen molar-refractivity contribution in [1.82, 2.24) is 5.32 Å². The largest absolute Gasteiger partial charge is 0.399 e. The van der Waals surface area contributed by atoms with E-state index in [-0.39, 0.29) is 11.8 Å². The number of anilines is 1. The molecule has 3 N–H and O–H groups in total. The number of carbonyl (C=O) groups excluding carboxylic acids is 2. The number of nitrogens with two attached hydrogens (primary N) is 1. The third kappa shape index (κ3) is 2.19. The third-order valence-corrected chi connectivity index (χ3v) is 4.79. The summed E-state index contributed by atoms with van der Waals surface area (Å²) in [4.78, 5) is 24.0. The molecule has 0 aromatic heterocycles. The first-order valence-electron chi connectivity index (χ1n) is 7.30. The van der Waals surface area contributed by atoms with Gasteiger partial charge >= 0.3 is 0 Å². The fraction of sp³-hybridized carbons (Fsp3) is 0.500. The van der Waals surface area contributed by atoms with Crippen molar-refractivity contribution in [3.05, 3.63) is 29.8 Å². The summed E-state index contributed by atoms with van der Waals surface area (Å²) in [6, 6.07) is 7.54. The molecule has 3 rings (SSSR count). The Morgan fingerprint density at radius 2 is 1.90 bits per heavy atom. The number of hydrogen-bond donors (Lipinski definition) is 2. The Morgan fingerprint density at radius 1 is 1.20 bits per heavy atom. The van der Waals surface area contributed by atoms with E-state index in [0.717, 1.165) is 12.0 Å². The van der Waals surface area contributed by atoms with E-state index in [2.05, 4.69) is 5.32 Å². The summed E-state index contributed by atoms with van der Waals surface area (Å²) in [6.45, 7) is 0. The molecule has 1 atom stereocenters. The smallest absolute Gasteiger partial charge is 0.237 e. The average Bonchev–Trinajstić information content (AvgIpc) is 2.37. The van der Waals surface area contributed by atoms with Crippen molar-refractivity contribution < 1.29 is 9.59 Å². The lowest BCUT2D eigenvalue weighted by Gasteiger charge is -2.40. The van der Waals surface area contributed by atoms with E-state index >= 15 is 0 Å². The molecular weight excluding hydrogens is 252 g/mol. The van der Waals surface area contributed by atoms with E-state index in [9.17, 15) is 9.59 Å². The predicted molar refractivity (Wildman–Crippen MR) is 76.9 cm³/mol. The van der Waals surface area contributed by atoms with E-state index in [4.69, 9.17) is 5.73 Å². The third-order valence-electron chi connectivity index (χ3n) is 4.79. The van der Waals surface area contributed by atoms with Crippen molar-refractivity contribution in [1.29, 1.82) is 0 Å². The van der Waals surface area contributed by atoms with E-state index in [1.54, 1.807) is 0 Å². The van der Waals surface area contributed by atoms with Gasteiger partial charge in [0.15, 0.2) is 0 Å². The molecule has 0 radical (unpaired) electrons. The lowest BCUT2D eigenvalue weighted by atomic mass is 9.65. The molecule has 106 valence electrons. The molecular formula is C16H20N2O2. The number of rotatable bonds is 3. The zero-order chi connectivity index (χ0) is 14.2. The van der Waals surface area contributed by atoms with Gasteiger partial charge in [-0.15, -0.1) is 0 Å². The van der Waals surface area contributed by atoms with Gasteiger partial charge in [-0.25, -0.2) is 0 Å². The van der Waals surface area contributed by atoms with Crippen LogP contribution in [-0.2, 0) is 15.0 Å². The van der Waals surface area contributed by atoms with Crippen LogP contribution in [0.3, 0.4) is 0 Å². The summed E-state index contributed by atoms with van der Waals surface area (Å²) in [7, 11) is 0. The number of carbonyl (C=O) groups is 2. The number of hydrogen-bond acceptors (Lipinski definition) is 3. The van der Waals surface area contributed by atoms with Crippen LogP contribution in [0.4, 0.5) is 5.69 Å². The normalized spacial score (nSPS) is 27.0. The summed E-state index contributed by atoms with van der Waals surface area (Å²) < 4.78 is 0. The fourth-order valence-electron chi connectivity index (χ4n) is 3.33. The average molecular weight is 272 g/mol. The highest BCUT2D eigenvalue weighted by atomic mass is 16.2. The Kier molecular flexibility index (Phi) is 3.24. The van der Waals surface area contributed by atoms with E-state index in [1.807, 2.05) is 24.3 Å². The summed E-state index contributed by atoms with van der Waals surface area (Å²) in [5.74, 6) is 0.312. The first-order chi connectivity index (χ1) is 9.60. The predicted octanol–water partition coefficient (Wildman–Crippen LogP) is 2.13. The van der Waals surface area contributed by atoms with E-state index < -0.39 is 5.41 Å². The number of benzene rings is 1. The molecule has 1 aliphatic carbocycles. The number of piperidine rings is 1. The highest BCUT2D eigenvalue weighted by Crippen LogP contribution is 2.43. The fourth-order valence-corrected chi connectivity index (χ4v) is 3.33. The number of nitrogens with one attached hydrogen (secondary N) is 1. The van der Waals surface area contributed by atoms with Crippen LogP contribution in [0.1, 0.15) is 44.1 Å². The van der Waals surface area contributed by atoms with Crippen molar-refractivity contribution in [2.24, 2.45) is 5.92 Å². The van der Waals surface area contributed by atoms with Gasteiger partial charge in [-0.1, -0.05) is 31.4 Å². The molecule has 4 heteroatoms. The Bertz CT molecular complexity index is 534. The molecule has 2 aliphatic rings. The monoisotopic (exact) mass is 272 g/mol. The van der Waals surface area contributed by atoms with Crippen LogP contribution in [0.15, 0.2) is 24.3 Å². The van der Waals surface area contributed by atoms with Gasteiger partial charge in [-0.05, 0) is 36.5 Å². The molecule has 2 fully saturated rings. The van der Waals surface area contributed by atoms with Gasteiger partial charge in [0.2, 0.25) is 11.8 Å². The number of nitrogen functional groups attached to an aromatic ring is 1. The quantitative estimate of drug-likeness (QED) is 0.654. The van der Waals surface area contributed by atoms with Crippen LogP contribution in [0.25, 0.3) is 0 Å². The summed E-state index contributed by atoms with van der Waals surface area (Å²) in [5, 5.41) is 2.53. The van der Waals surface area contributed by atoms with Gasteiger partial charge in [-0.3, -0.25) is 14.9 Å². The van der Waals surface area contributed by atoms with Crippen molar-refractivity contribution in [2.75, 3.05) is 5.73 Å². The first-order valence-corrected chi connectivity index (χ1v) is 7.30. The van der Waals surface area contributed by atoms with Crippen molar-refractivity contribution in [3.8, 4) is 0 Å². The number of amides is 2. The minimum absolute atomic E-state index is 0.134. The second-order valence-electron chi connectivity index (χ2n) is 6.08. The van der Waals surface area contributed by atoms with Crippen molar-refractivity contribution in [2.45, 2.75) is 43.9 Å². The topological polar surface area (TPSA) is 72.2 Å². The molecule has 0 spiro atoms. The molecule has 4 nitrogen and oxygen atoms in total. The van der Waals surface area contributed by atoms with Gasteiger partial charge in [0.05, 0.1) is 5.41 Å². The molecule has 20 heavy (non-hydrogen) atoms. The van der Waals surface area contributed by atoms with Crippen LogP contribution in [0.2, 0.25) is 0 Å².